The number of halogens is 3. The number of unbranched alkanes of at least 4 members (excludes halogenated alkanes) is 4. The zero-order valence-electron chi connectivity index (χ0n) is 17.7. The van der Waals surface area contributed by atoms with Crippen LogP contribution in [0.25, 0.3) is 0 Å². The number of nitrogens with two attached hydrogens (primary N) is 1. The van der Waals surface area contributed by atoms with Crippen molar-refractivity contribution in [1.82, 2.24) is 0 Å². The van der Waals surface area contributed by atoms with Crippen LogP contribution in [-0.2, 0) is 26.2 Å². The maximum atomic E-state index is 13.6. The molecule has 2 heterocycles. The van der Waals surface area contributed by atoms with Crippen LogP contribution in [0, 0.1) is 0 Å². The number of rotatable bonds is 13. The van der Waals surface area contributed by atoms with E-state index in [4.69, 9.17) is 10.5 Å². The van der Waals surface area contributed by atoms with Crippen LogP contribution >= 0.6 is 7.60 Å². The fourth-order valence-corrected chi connectivity index (χ4v) is 5.47. The van der Waals surface area contributed by atoms with Crippen molar-refractivity contribution in [3.63, 3.8) is 0 Å². The van der Waals surface area contributed by atoms with Gasteiger partial charge in [0.15, 0.2) is 0 Å². The van der Waals surface area contributed by atoms with Gasteiger partial charge in [0.25, 0.3) is 5.79 Å². The molecule has 0 unspecified atom stereocenters. The van der Waals surface area contributed by atoms with Crippen LogP contribution < -0.4 is 10.5 Å². The van der Waals surface area contributed by atoms with Crippen molar-refractivity contribution in [2.75, 3.05) is 13.2 Å². The van der Waals surface area contributed by atoms with Gasteiger partial charge in [-0.2, -0.15) is 13.2 Å². The molecule has 0 spiro atoms. The predicted molar refractivity (Wildman–Crippen MR) is 108 cm³/mol. The Morgan fingerprint density at radius 2 is 1.78 bits per heavy atom. The summed E-state index contributed by atoms with van der Waals surface area (Å²) in [6.45, 7) is 1.28. The molecule has 5 N–H and O–H groups in total. The van der Waals surface area contributed by atoms with Gasteiger partial charge in [-0.05, 0) is 37.0 Å². The van der Waals surface area contributed by atoms with Gasteiger partial charge >= 0.3 is 19.3 Å². The van der Waals surface area contributed by atoms with Gasteiger partial charge in [-0.1, -0.05) is 38.7 Å². The third-order valence-electron chi connectivity index (χ3n) is 5.92. The number of hydrogen-bond acceptors (Lipinski definition) is 8. The zero-order valence-corrected chi connectivity index (χ0v) is 18.6. The molecule has 2 aliphatic heterocycles. The van der Waals surface area contributed by atoms with E-state index in [1.54, 1.807) is 0 Å². The van der Waals surface area contributed by atoms with E-state index in [1.807, 2.05) is 0 Å². The average Bonchev–Trinajstić information content (AvgIpc) is 3.54. The number of aryl methyl sites for hydroxylation is 1. The van der Waals surface area contributed by atoms with E-state index >= 15 is 0 Å². The molecule has 2 saturated heterocycles. The van der Waals surface area contributed by atoms with Gasteiger partial charge < -0.3 is 25.8 Å². The van der Waals surface area contributed by atoms with Crippen molar-refractivity contribution in [2.24, 2.45) is 5.73 Å². The van der Waals surface area contributed by atoms with Crippen LogP contribution in [0.15, 0.2) is 18.2 Å². The summed E-state index contributed by atoms with van der Waals surface area (Å²) < 4.78 is 67.1. The second kappa shape index (κ2) is 8.87. The predicted octanol–water partition coefficient (Wildman–Crippen LogP) is 3.27. The minimum absolute atomic E-state index is 0.138. The number of aliphatic hydroxyl groups excluding tert-OH is 1. The lowest BCUT2D eigenvalue weighted by Gasteiger charge is -2.38. The van der Waals surface area contributed by atoms with Crippen molar-refractivity contribution >= 4 is 7.60 Å². The fourth-order valence-electron chi connectivity index (χ4n) is 3.62. The van der Waals surface area contributed by atoms with Crippen molar-refractivity contribution in [3.8, 4) is 5.75 Å². The van der Waals surface area contributed by atoms with E-state index in [2.05, 4.69) is 16.0 Å². The van der Waals surface area contributed by atoms with Crippen molar-refractivity contribution in [2.45, 2.75) is 74.9 Å². The molecule has 3 rings (SSSR count). The average molecular weight is 483 g/mol. The molecule has 8 nitrogen and oxygen atoms in total. The Bertz CT molecular complexity index is 869. The molecular weight excluding hydrogens is 454 g/mol. The second-order valence-corrected chi connectivity index (χ2v) is 10.3. The van der Waals surface area contributed by atoms with Gasteiger partial charge in [-0.15, -0.1) is 0 Å². The summed E-state index contributed by atoms with van der Waals surface area (Å²) in [5, 5.41) is 30.4. The third-order valence-corrected chi connectivity index (χ3v) is 7.79. The van der Waals surface area contributed by atoms with Crippen LogP contribution in [0.5, 0.6) is 5.75 Å². The summed E-state index contributed by atoms with van der Waals surface area (Å²) in [5.74, 6) is -3.27. The number of hydrogen-bond donors (Lipinski definition) is 4. The van der Waals surface area contributed by atoms with Gasteiger partial charge in [0.05, 0.1) is 24.3 Å². The maximum Gasteiger partial charge on any atom is 0.419 e. The van der Waals surface area contributed by atoms with Gasteiger partial charge in [-0.25, -0.2) is 0 Å². The Labute approximate surface area is 184 Å². The SMILES string of the molecule is CCCCCCCOc1ccc(CC[C@](N)(CO)C(O)(O)C23OP2(=O)O3)cc1C(F)(F)F. The zero-order chi connectivity index (χ0) is 23.8. The summed E-state index contributed by atoms with van der Waals surface area (Å²) in [7, 11) is -3.59. The highest BCUT2D eigenvalue weighted by Gasteiger charge is 3.01. The standard InChI is InChI=1S/C20H29F3NO7P/c1-2-3-4-5-6-11-29-16-8-7-14(12-15(16)18(21,22)23)9-10-17(24,13-25)19(26,27)20-30-32(20,28)31-20/h7-8,12,25-27H,2-6,9-11,13,24H2,1H3/t17-,20?,32?/m0/s1. The first-order chi connectivity index (χ1) is 14.9. The van der Waals surface area contributed by atoms with Crippen molar-refractivity contribution < 1.29 is 46.8 Å². The maximum absolute atomic E-state index is 13.6. The Kier molecular flexibility index (Phi) is 7.04. The number of alkyl halides is 3. The first kappa shape index (κ1) is 25.4. The lowest BCUT2D eigenvalue weighted by Crippen LogP contribution is -2.68. The van der Waals surface area contributed by atoms with E-state index < -0.39 is 42.8 Å². The Hall–Kier alpha value is -1.20. The molecular formula is C20H29F3NO7P. The smallest absolute Gasteiger partial charge is 0.419 e. The van der Waals surface area contributed by atoms with E-state index in [1.165, 1.54) is 12.1 Å². The normalized spacial score (nSPS) is 26.4. The lowest BCUT2D eigenvalue weighted by atomic mass is 9.84. The Morgan fingerprint density at radius 1 is 1.16 bits per heavy atom. The molecule has 1 atom stereocenters. The highest BCUT2D eigenvalue weighted by atomic mass is 31.2. The second-order valence-electron chi connectivity index (χ2n) is 8.34. The van der Waals surface area contributed by atoms with Crippen LogP contribution in [0.4, 0.5) is 13.2 Å². The Morgan fingerprint density at radius 3 is 2.31 bits per heavy atom. The fraction of sp³-hybridized carbons (Fsp3) is 0.700. The topological polar surface area (TPSA) is 138 Å². The van der Waals surface area contributed by atoms with Crippen molar-refractivity contribution in [1.29, 1.82) is 0 Å². The molecule has 12 heteroatoms. The van der Waals surface area contributed by atoms with Crippen LogP contribution in [0.2, 0.25) is 0 Å². The molecule has 1 aromatic carbocycles. The van der Waals surface area contributed by atoms with Gasteiger partial charge in [0, 0.05) is 0 Å². The molecule has 0 saturated carbocycles. The number of fused-ring (bicyclic) bond motifs is 1. The van der Waals surface area contributed by atoms with Gasteiger partial charge in [0.2, 0.25) is 0 Å². The molecule has 0 bridgehead atoms. The summed E-state index contributed by atoms with van der Waals surface area (Å²) in [5.41, 5.74) is 0.856. The number of aliphatic hydroxyl groups is 3. The first-order valence-corrected chi connectivity index (χ1v) is 12.1. The molecule has 0 aliphatic carbocycles. The van der Waals surface area contributed by atoms with E-state index in [0.29, 0.717) is 6.42 Å². The highest BCUT2D eigenvalue weighted by Crippen LogP contribution is 3.00. The molecule has 2 fully saturated rings. The largest absolute Gasteiger partial charge is 0.493 e. The molecule has 32 heavy (non-hydrogen) atoms. The summed E-state index contributed by atoms with van der Waals surface area (Å²) in [4.78, 5) is 0. The minimum Gasteiger partial charge on any atom is -0.493 e. The van der Waals surface area contributed by atoms with Crippen molar-refractivity contribution in [3.05, 3.63) is 29.3 Å². The number of benzene rings is 1. The Balaban J connectivity index is 1.67. The summed E-state index contributed by atoms with van der Waals surface area (Å²) in [6.07, 6.45) is -0.485. The highest BCUT2D eigenvalue weighted by molar-refractivity contribution is 7.68. The molecule has 182 valence electrons. The van der Waals surface area contributed by atoms with E-state index in [-0.39, 0.29) is 30.8 Å². The van der Waals surface area contributed by atoms with E-state index in [9.17, 15) is 33.1 Å². The molecule has 0 aromatic heterocycles. The third kappa shape index (κ3) is 4.57. The molecule has 1 aromatic rings. The van der Waals surface area contributed by atoms with Gasteiger partial charge in [-0.3, -0.25) is 13.6 Å². The number of ether oxygens (including phenoxy) is 1. The van der Waals surface area contributed by atoms with Crippen LogP contribution in [-0.4, -0.2) is 45.4 Å². The minimum atomic E-state index is -4.66. The summed E-state index contributed by atoms with van der Waals surface area (Å²) in [6, 6.07) is 3.54. The van der Waals surface area contributed by atoms with E-state index in [0.717, 1.165) is 31.7 Å². The quantitative estimate of drug-likeness (QED) is 0.145. The lowest BCUT2D eigenvalue weighted by molar-refractivity contribution is -0.290. The molecule has 0 amide bonds. The van der Waals surface area contributed by atoms with Crippen LogP contribution in [0.1, 0.15) is 56.6 Å². The first-order valence-electron chi connectivity index (χ1n) is 10.5. The van der Waals surface area contributed by atoms with Crippen LogP contribution in [0.3, 0.4) is 0 Å². The molecule has 2 aliphatic rings. The van der Waals surface area contributed by atoms with Gasteiger partial charge in [0.1, 0.15) is 5.75 Å². The monoisotopic (exact) mass is 483 g/mol. The molecule has 0 radical (unpaired) electrons. The summed E-state index contributed by atoms with van der Waals surface area (Å²) >= 11 is 0.